The predicted octanol–water partition coefficient (Wildman–Crippen LogP) is 5.49. The number of nitrogens with one attached hydrogen (secondary N) is 1. The predicted molar refractivity (Wildman–Crippen MR) is 138 cm³/mol. The van der Waals surface area contributed by atoms with Crippen molar-refractivity contribution in [1.82, 2.24) is 5.32 Å². The average Bonchev–Trinajstić information content (AvgIpc) is 2.79. The number of ether oxygens (including phenoxy) is 2. The number of carbonyl (C=O) groups excluding carboxylic acids is 1. The maximum atomic E-state index is 12.2. The number of amides is 1. The molecule has 1 aromatic carbocycles. The highest BCUT2D eigenvalue weighted by molar-refractivity contribution is 7.85. The molecule has 3 N–H and O–H groups in total. The molecule has 0 heterocycles. The van der Waals surface area contributed by atoms with Crippen LogP contribution in [0.2, 0.25) is 0 Å². The van der Waals surface area contributed by atoms with Crippen LogP contribution in [0.3, 0.4) is 0 Å². The van der Waals surface area contributed by atoms with E-state index in [4.69, 9.17) is 9.47 Å². The number of hydrogen-bond donors (Lipinski definition) is 3. The summed E-state index contributed by atoms with van der Waals surface area (Å²) in [6.07, 6.45) is 9.84. The first-order chi connectivity index (χ1) is 16.6. The van der Waals surface area contributed by atoms with Gasteiger partial charge < -0.3 is 19.9 Å². The van der Waals surface area contributed by atoms with E-state index in [1.807, 2.05) is 0 Å². The second-order valence-corrected chi connectivity index (χ2v) is 11.1. The van der Waals surface area contributed by atoms with Gasteiger partial charge in [-0.15, -0.1) is 0 Å². The molecule has 0 aliphatic rings. The maximum Gasteiger partial charge on any atom is 0.407 e. The van der Waals surface area contributed by atoms with Crippen LogP contribution in [0.15, 0.2) is 24.3 Å². The molecule has 9 heteroatoms. The van der Waals surface area contributed by atoms with Crippen LogP contribution in [0, 0.1) is 5.92 Å². The number of hydrogen-bond acceptors (Lipinski definition) is 6. The molecule has 35 heavy (non-hydrogen) atoms. The fraction of sp³-hybridized carbons (Fsp3) is 0.731. The highest BCUT2D eigenvalue weighted by atomic mass is 32.2. The molecule has 0 radical (unpaired) electrons. The highest BCUT2D eigenvalue weighted by Crippen LogP contribution is 2.15. The lowest BCUT2D eigenvalue weighted by Gasteiger charge is -2.23. The van der Waals surface area contributed by atoms with Crippen molar-refractivity contribution in [1.29, 1.82) is 0 Å². The Hall–Kier alpha value is -1.84. The van der Waals surface area contributed by atoms with Gasteiger partial charge in [-0.2, -0.15) is 8.42 Å². The van der Waals surface area contributed by atoms with Gasteiger partial charge in [0.25, 0.3) is 10.1 Å². The molecular formula is C26H45NO7S. The Morgan fingerprint density at radius 2 is 1.43 bits per heavy atom. The van der Waals surface area contributed by atoms with Crippen molar-refractivity contribution >= 4 is 16.2 Å². The van der Waals surface area contributed by atoms with Crippen molar-refractivity contribution in [3.05, 3.63) is 29.8 Å². The molecule has 8 nitrogen and oxygen atoms in total. The van der Waals surface area contributed by atoms with E-state index in [2.05, 4.69) is 19.2 Å². The molecule has 0 saturated carbocycles. The highest BCUT2D eigenvalue weighted by Gasteiger charge is 2.26. The lowest BCUT2D eigenvalue weighted by molar-refractivity contribution is 0.100. The second-order valence-electron chi connectivity index (χ2n) is 9.64. The molecule has 1 aromatic rings. The van der Waals surface area contributed by atoms with Crippen LogP contribution in [0.5, 0.6) is 5.75 Å². The minimum atomic E-state index is -4.39. The number of benzene rings is 1. The van der Waals surface area contributed by atoms with Gasteiger partial charge in [-0.05, 0) is 30.0 Å². The largest absolute Gasteiger partial charge is 0.497 e. The molecule has 0 aliphatic heterocycles. The van der Waals surface area contributed by atoms with Crippen LogP contribution in [-0.2, 0) is 21.5 Å². The molecule has 2 atom stereocenters. The summed E-state index contributed by atoms with van der Waals surface area (Å²) in [4.78, 5) is 12.2. The Bertz CT molecular complexity index is 796. The zero-order chi connectivity index (χ0) is 26.1. The smallest absolute Gasteiger partial charge is 0.407 e. The van der Waals surface area contributed by atoms with Gasteiger partial charge in [0.15, 0.2) is 0 Å². The second kappa shape index (κ2) is 17.6. The minimum Gasteiger partial charge on any atom is -0.497 e. The quantitative estimate of drug-likeness (QED) is 0.165. The van der Waals surface area contributed by atoms with E-state index in [0.29, 0.717) is 18.6 Å². The van der Waals surface area contributed by atoms with Crippen LogP contribution in [0.1, 0.15) is 90.0 Å². The fourth-order valence-corrected chi connectivity index (χ4v) is 4.64. The first kappa shape index (κ1) is 31.2. The third kappa shape index (κ3) is 16.5. The van der Waals surface area contributed by atoms with E-state index >= 15 is 0 Å². The number of aliphatic hydroxyl groups is 1. The van der Waals surface area contributed by atoms with E-state index in [1.54, 1.807) is 31.4 Å². The number of carbonyl (C=O) groups is 1. The van der Waals surface area contributed by atoms with Gasteiger partial charge in [-0.25, -0.2) is 4.79 Å². The van der Waals surface area contributed by atoms with Crippen molar-refractivity contribution in [2.24, 2.45) is 5.92 Å². The van der Waals surface area contributed by atoms with Crippen molar-refractivity contribution in [2.75, 3.05) is 12.9 Å². The Labute approximate surface area is 211 Å². The molecule has 1 rings (SSSR count). The number of methoxy groups -OCH3 is 1. The van der Waals surface area contributed by atoms with E-state index in [-0.39, 0.29) is 6.61 Å². The number of alkyl carbamates (subject to hydrolysis) is 1. The summed E-state index contributed by atoms with van der Waals surface area (Å²) in [5, 5.41) is 12.9. The SMILES string of the molecule is COc1ccc(COC(=O)NC(CS(=O)(=O)O)C(O)CCCCCCCCCCCC(C)C)cc1. The van der Waals surface area contributed by atoms with E-state index in [1.165, 1.54) is 38.5 Å². The Balaban J connectivity index is 2.31. The molecule has 1 amide bonds. The van der Waals surface area contributed by atoms with Crippen LogP contribution in [0.25, 0.3) is 0 Å². The van der Waals surface area contributed by atoms with Gasteiger partial charge in [-0.3, -0.25) is 4.55 Å². The normalized spacial score (nSPS) is 13.4. The number of unbranched alkanes of at least 4 members (excludes halogenated alkanes) is 8. The Morgan fingerprint density at radius 1 is 0.914 bits per heavy atom. The summed E-state index contributed by atoms with van der Waals surface area (Å²) in [5.41, 5.74) is 0.725. The number of aliphatic hydroxyl groups excluding tert-OH is 1. The molecule has 0 bridgehead atoms. The molecule has 2 unspecified atom stereocenters. The van der Waals surface area contributed by atoms with Gasteiger partial charge in [0.05, 0.1) is 25.0 Å². The Morgan fingerprint density at radius 3 is 1.91 bits per heavy atom. The van der Waals surface area contributed by atoms with Gasteiger partial charge in [0.2, 0.25) is 0 Å². The zero-order valence-electron chi connectivity index (χ0n) is 21.6. The topological polar surface area (TPSA) is 122 Å². The first-order valence-electron chi connectivity index (χ1n) is 12.8. The van der Waals surface area contributed by atoms with Crippen molar-refractivity contribution in [3.63, 3.8) is 0 Å². The molecule has 202 valence electrons. The molecule has 0 aromatic heterocycles. The Kier molecular flexibility index (Phi) is 15.7. The lowest BCUT2D eigenvalue weighted by atomic mass is 10.0. The van der Waals surface area contributed by atoms with E-state index in [9.17, 15) is 22.9 Å². The van der Waals surface area contributed by atoms with Crippen LogP contribution in [-0.4, -0.2) is 49.2 Å². The summed E-state index contributed by atoms with van der Waals surface area (Å²) in [6, 6.07) is 5.79. The van der Waals surface area contributed by atoms with Gasteiger partial charge >= 0.3 is 6.09 Å². The van der Waals surface area contributed by atoms with Crippen molar-refractivity contribution in [2.45, 2.75) is 103 Å². The third-order valence-electron chi connectivity index (χ3n) is 5.97. The summed E-state index contributed by atoms with van der Waals surface area (Å²) in [6.45, 7) is 4.49. The molecular weight excluding hydrogens is 470 g/mol. The summed E-state index contributed by atoms with van der Waals surface area (Å²) < 4.78 is 42.2. The minimum absolute atomic E-state index is 0.0256. The fourth-order valence-electron chi connectivity index (χ4n) is 3.88. The van der Waals surface area contributed by atoms with Crippen molar-refractivity contribution < 1.29 is 32.3 Å². The third-order valence-corrected chi connectivity index (χ3v) is 6.75. The average molecular weight is 516 g/mol. The zero-order valence-corrected chi connectivity index (χ0v) is 22.4. The maximum absolute atomic E-state index is 12.2. The lowest BCUT2D eigenvalue weighted by Crippen LogP contribution is -2.47. The van der Waals surface area contributed by atoms with Gasteiger partial charge in [0.1, 0.15) is 12.4 Å². The number of rotatable bonds is 19. The van der Waals surface area contributed by atoms with Crippen LogP contribution < -0.4 is 10.1 Å². The van der Waals surface area contributed by atoms with Crippen molar-refractivity contribution in [3.8, 4) is 5.75 Å². The van der Waals surface area contributed by atoms with Gasteiger partial charge in [-0.1, -0.05) is 90.2 Å². The molecule has 0 saturated heterocycles. The molecule has 0 spiro atoms. The van der Waals surface area contributed by atoms with Crippen LogP contribution in [0.4, 0.5) is 4.79 Å². The standard InChI is InChI=1S/C26H45NO7S/c1-21(2)13-11-9-7-5-4-6-8-10-12-14-25(28)24(20-35(30,31)32)27-26(29)34-19-22-15-17-23(33-3)18-16-22/h15-18,21,24-25,28H,4-14,19-20H2,1-3H3,(H,27,29)(H,30,31,32). The van der Waals surface area contributed by atoms with E-state index in [0.717, 1.165) is 30.7 Å². The summed E-state index contributed by atoms with van der Waals surface area (Å²) in [5.74, 6) is 0.678. The van der Waals surface area contributed by atoms with E-state index < -0.39 is 34.1 Å². The molecule has 0 fully saturated rings. The summed E-state index contributed by atoms with van der Waals surface area (Å²) in [7, 11) is -2.84. The molecule has 0 aliphatic carbocycles. The summed E-state index contributed by atoms with van der Waals surface area (Å²) >= 11 is 0. The van der Waals surface area contributed by atoms with Crippen LogP contribution >= 0.6 is 0 Å². The van der Waals surface area contributed by atoms with Gasteiger partial charge in [0, 0.05) is 0 Å². The monoisotopic (exact) mass is 515 g/mol. The first-order valence-corrected chi connectivity index (χ1v) is 14.4.